The van der Waals surface area contributed by atoms with E-state index in [1.807, 2.05) is 31.3 Å². The average Bonchev–Trinajstić information content (AvgIpc) is 2.53. The minimum absolute atomic E-state index is 1.01. The van der Waals surface area contributed by atoms with Crippen molar-refractivity contribution in [1.82, 2.24) is 0 Å². The maximum absolute atomic E-state index is 4.23. The fourth-order valence-electron chi connectivity index (χ4n) is 1.61. The topological polar surface area (TPSA) is 12.4 Å². The standard InChI is InChI=1S/C15H15N/c1-13-7-8-15(11-12-16-13)10-9-14-5-3-2-4-6-14/h2-7,11-12H,9-10H2,1H3. The van der Waals surface area contributed by atoms with Gasteiger partial charge in [-0.1, -0.05) is 30.3 Å². The van der Waals surface area contributed by atoms with Crippen LogP contribution in [0.5, 0.6) is 0 Å². The largest absolute Gasteiger partial charge is 0.261 e. The summed E-state index contributed by atoms with van der Waals surface area (Å²) in [6, 6.07) is 10.5. The molecule has 16 heavy (non-hydrogen) atoms. The molecule has 0 aromatic heterocycles. The summed E-state index contributed by atoms with van der Waals surface area (Å²) >= 11 is 0. The summed E-state index contributed by atoms with van der Waals surface area (Å²) in [6.45, 7) is 1.98. The molecule has 0 radical (unpaired) electrons. The van der Waals surface area contributed by atoms with E-state index >= 15 is 0 Å². The molecule has 0 aliphatic carbocycles. The van der Waals surface area contributed by atoms with Gasteiger partial charge in [-0.2, -0.15) is 0 Å². The Hall–Kier alpha value is -1.85. The fraction of sp³-hybridized carbons (Fsp3) is 0.200. The molecule has 0 amide bonds. The number of aryl methyl sites for hydroxylation is 1. The van der Waals surface area contributed by atoms with Crippen LogP contribution in [0, 0.1) is 0 Å². The molecule has 0 saturated heterocycles. The highest BCUT2D eigenvalue weighted by Crippen LogP contribution is 2.10. The fourth-order valence-corrected chi connectivity index (χ4v) is 1.61. The third-order valence-electron chi connectivity index (χ3n) is 2.55. The Balaban J connectivity index is 2.00. The van der Waals surface area contributed by atoms with E-state index in [1.54, 1.807) is 0 Å². The highest BCUT2D eigenvalue weighted by atomic mass is 14.7. The second-order valence-corrected chi connectivity index (χ2v) is 3.89. The van der Waals surface area contributed by atoms with Crippen LogP contribution in [0.1, 0.15) is 18.9 Å². The maximum atomic E-state index is 4.23. The Morgan fingerprint density at radius 3 is 2.75 bits per heavy atom. The van der Waals surface area contributed by atoms with Gasteiger partial charge in [-0.15, -0.1) is 5.73 Å². The molecule has 1 aromatic carbocycles. The predicted molar refractivity (Wildman–Crippen MR) is 68.6 cm³/mol. The van der Waals surface area contributed by atoms with Crippen LogP contribution < -0.4 is 0 Å². The number of nitrogens with zero attached hydrogens (tertiary/aromatic N) is 1. The molecule has 1 heteroatoms. The minimum atomic E-state index is 1.01. The molecule has 1 aliphatic heterocycles. The number of hydrogen-bond acceptors (Lipinski definition) is 1. The van der Waals surface area contributed by atoms with E-state index < -0.39 is 0 Å². The summed E-state index contributed by atoms with van der Waals surface area (Å²) in [5.74, 6) is 0. The van der Waals surface area contributed by atoms with Gasteiger partial charge in [0.1, 0.15) is 0 Å². The molecule has 80 valence electrons. The average molecular weight is 209 g/mol. The van der Waals surface area contributed by atoms with Crippen LogP contribution in [0.25, 0.3) is 0 Å². The number of aliphatic imine (C=N–C) groups is 1. The zero-order valence-electron chi connectivity index (χ0n) is 9.48. The number of benzene rings is 1. The highest BCUT2D eigenvalue weighted by Gasteiger charge is 1.96. The van der Waals surface area contributed by atoms with Crippen LogP contribution in [0.15, 0.2) is 65.0 Å². The third-order valence-corrected chi connectivity index (χ3v) is 2.55. The van der Waals surface area contributed by atoms with E-state index in [0.717, 1.165) is 18.6 Å². The molecule has 2 rings (SSSR count). The molecule has 0 spiro atoms. The van der Waals surface area contributed by atoms with Crippen LogP contribution in [0.2, 0.25) is 0 Å². The van der Waals surface area contributed by atoms with Gasteiger partial charge in [0, 0.05) is 18.0 Å². The van der Waals surface area contributed by atoms with Crippen molar-refractivity contribution in [3.05, 3.63) is 65.6 Å². The second-order valence-electron chi connectivity index (χ2n) is 3.89. The summed E-state index contributed by atoms with van der Waals surface area (Å²) < 4.78 is 0. The van der Waals surface area contributed by atoms with Crippen molar-refractivity contribution in [2.24, 2.45) is 4.99 Å². The number of rotatable bonds is 3. The molecule has 0 atom stereocenters. The first-order chi connectivity index (χ1) is 7.84. The zero-order chi connectivity index (χ0) is 11.2. The SMILES string of the molecule is CC1=NC=CC(CCc2ccccc2)=C=C1. The van der Waals surface area contributed by atoms with Gasteiger partial charge < -0.3 is 0 Å². The van der Waals surface area contributed by atoms with Crippen molar-refractivity contribution in [2.45, 2.75) is 19.8 Å². The molecular formula is C15H15N. The van der Waals surface area contributed by atoms with Crippen molar-refractivity contribution >= 4 is 5.71 Å². The summed E-state index contributed by atoms with van der Waals surface area (Å²) in [4.78, 5) is 4.23. The minimum Gasteiger partial charge on any atom is -0.261 e. The molecule has 1 aliphatic rings. The molecule has 1 heterocycles. The van der Waals surface area contributed by atoms with Gasteiger partial charge in [-0.3, -0.25) is 4.99 Å². The molecule has 0 bridgehead atoms. The van der Waals surface area contributed by atoms with Crippen LogP contribution in [-0.2, 0) is 6.42 Å². The first-order valence-electron chi connectivity index (χ1n) is 5.55. The summed E-state index contributed by atoms with van der Waals surface area (Å²) in [7, 11) is 0. The van der Waals surface area contributed by atoms with Gasteiger partial charge in [0.15, 0.2) is 0 Å². The highest BCUT2D eigenvalue weighted by molar-refractivity contribution is 5.93. The Bertz CT molecular complexity index is 471. The van der Waals surface area contributed by atoms with Crippen molar-refractivity contribution in [3.8, 4) is 0 Å². The lowest BCUT2D eigenvalue weighted by Crippen LogP contribution is -1.85. The molecule has 1 aromatic rings. The lowest BCUT2D eigenvalue weighted by atomic mass is 10.1. The van der Waals surface area contributed by atoms with E-state index in [4.69, 9.17) is 0 Å². The molecule has 1 nitrogen and oxygen atoms in total. The van der Waals surface area contributed by atoms with Gasteiger partial charge in [0.25, 0.3) is 0 Å². The van der Waals surface area contributed by atoms with Crippen molar-refractivity contribution in [1.29, 1.82) is 0 Å². The quantitative estimate of drug-likeness (QED) is 0.673. The molecule has 0 saturated carbocycles. The van der Waals surface area contributed by atoms with Gasteiger partial charge >= 0.3 is 0 Å². The van der Waals surface area contributed by atoms with Gasteiger partial charge in [-0.05, 0) is 37.0 Å². The van der Waals surface area contributed by atoms with Crippen molar-refractivity contribution in [3.63, 3.8) is 0 Å². The van der Waals surface area contributed by atoms with E-state index in [1.165, 1.54) is 11.1 Å². The Morgan fingerprint density at radius 2 is 1.94 bits per heavy atom. The first kappa shape index (κ1) is 10.7. The second kappa shape index (κ2) is 5.29. The van der Waals surface area contributed by atoms with Gasteiger partial charge in [-0.25, -0.2) is 0 Å². The first-order valence-corrected chi connectivity index (χ1v) is 5.55. The van der Waals surface area contributed by atoms with Crippen LogP contribution in [0.3, 0.4) is 0 Å². The number of hydrogen-bond donors (Lipinski definition) is 0. The lowest BCUT2D eigenvalue weighted by Gasteiger charge is -1.99. The lowest BCUT2D eigenvalue weighted by molar-refractivity contribution is 0.967. The van der Waals surface area contributed by atoms with Gasteiger partial charge in [0.05, 0.1) is 0 Å². The summed E-state index contributed by atoms with van der Waals surface area (Å²) in [5, 5.41) is 0. The van der Waals surface area contributed by atoms with Crippen molar-refractivity contribution in [2.75, 3.05) is 0 Å². The van der Waals surface area contributed by atoms with E-state index in [9.17, 15) is 0 Å². The summed E-state index contributed by atoms with van der Waals surface area (Å²) in [5.41, 5.74) is 6.86. The third kappa shape index (κ3) is 3.08. The van der Waals surface area contributed by atoms with Crippen LogP contribution >= 0.6 is 0 Å². The van der Waals surface area contributed by atoms with Crippen LogP contribution in [0.4, 0.5) is 0 Å². The Morgan fingerprint density at radius 1 is 1.12 bits per heavy atom. The zero-order valence-corrected chi connectivity index (χ0v) is 9.48. The molecule has 0 N–H and O–H groups in total. The van der Waals surface area contributed by atoms with Gasteiger partial charge in [0.2, 0.25) is 0 Å². The molecular weight excluding hydrogens is 194 g/mol. The van der Waals surface area contributed by atoms with E-state index in [-0.39, 0.29) is 0 Å². The smallest absolute Gasteiger partial charge is 0.0449 e. The normalized spacial score (nSPS) is 14.3. The van der Waals surface area contributed by atoms with E-state index in [2.05, 4.69) is 35.0 Å². The monoisotopic (exact) mass is 209 g/mol. The predicted octanol–water partition coefficient (Wildman–Crippen LogP) is 3.69. The summed E-state index contributed by atoms with van der Waals surface area (Å²) in [6.07, 6.45) is 7.91. The Kier molecular flexibility index (Phi) is 3.53. The van der Waals surface area contributed by atoms with Crippen molar-refractivity contribution < 1.29 is 0 Å². The Labute approximate surface area is 96.5 Å². The number of allylic oxidation sites excluding steroid dienone is 2. The van der Waals surface area contributed by atoms with E-state index in [0.29, 0.717) is 0 Å². The maximum Gasteiger partial charge on any atom is 0.0449 e. The van der Waals surface area contributed by atoms with Crippen LogP contribution in [-0.4, -0.2) is 5.71 Å². The molecule has 0 unspecified atom stereocenters. The molecule has 0 fully saturated rings.